The smallest absolute Gasteiger partial charge is 0.311 e. The van der Waals surface area contributed by atoms with Crippen LogP contribution in [0.2, 0.25) is 18.1 Å². The fourth-order valence-electron chi connectivity index (χ4n) is 2.83. The van der Waals surface area contributed by atoms with Gasteiger partial charge in [-0.2, -0.15) is 4.68 Å². The van der Waals surface area contributed by atoms with Crippen LogP contribution in [0, 0.1) is 5.41 Å². The number of hydrogen-bond donors (Lipinski definition) is 0. The molecule has 0 aliphatic carbocycles. The summed E-state index contributed by atoms with van der Waals surface area (Å²) in [6.07, 6.45) is 2.63. The minimum Gasteiger partial charge on any atom is -0.465 e. The predicted octanol–water partition coefficient (Wildman–Crippen LogP) is 5.90. The Bertz CT molecular complexity index is 876. The van der Waals surface area contributed by atoms with E-state index in [-0.39, 0.29) is 17.1 Å². The van der Waals surface area contributed by atoms with E-state index in [2.05, 4.69) is 49.4 Å². The summed E-state index contributed by atoms with van der Waals surface area (Å²) in [6, 6.07) is 9.90. The minimum absolute atomic E-state index is 0.104. The van der Waals surface area contributed by atoms with Crippen LogP contribution in [0.15, 0.2) is 35.5 Å². The summed E-state index contributed by atoms with van der Waals surface area (Å²) in [6.45, 7) is 17.4. The second kappa shape index (κ2) is 11.6. The van der Waals surface area contributed by atoms with E-state index in [9.17, 15) is 4.79 Å². The third-order valence-corrected chi connectivity index (χ3v) is 11.4. The van der Waals surface area contributed by atoms with Gasteiger partial charge in [0.15, 0.2) is 8.32 Å². The van der Waals surface area contributed by atoms with Gasteiger partial charge in [0.05, 0.1) is 17.7 Å². The van der Waals surface area contributed by atoms with E-state index in [1.165, 1.54) is 0 Å². The van der Waals surface area contributed by atoms with Gasteiger partial charge >= 0.3 is 5.97 Å². The van der Waals surface area contributed by atoms with E-state index in [0.29, 0.717) is 6.61 Å². The number of hydrogen-bond acceptors (Lipinski definition) is 7. The van der Waals surface area contributed by atoms with Crippen LogP contribution in [0.25, 0.3) is 5.69 Å². The summed E-state index contributed by atoms with van der Waals surface area (Å²) in [4.78, 5) is 12.1. The Labute approximate surface area is 204 Å². The molecule has 0 N–H and O–H groups in total. The zero-order valence-corrected chi connectivity index (χ0v) is 23.2. The summed E-state index contributed by atoms with van der Waals surface area (Å²) in [5.74, 6) is 0.682. The van der Waals surface area contributed by atoms with Gasteiger partial charge in [-0.3, -0.25) is 4.79 Å². The molecule has 0 saturated heterocycles. The quantitative estimate of drug-likeness (QED) is 0.167. The van der Waals surface area contributed by atoms with Crippen molar-refractivity contribution in [2.75, 3.05) is 12.4 Å². The third kappa shape index (κ3) is 8.53. The molecule has 1 heterocycles. The first kappa shape index (κ1) is 27.5. The number of thioether (sulfide) groups is 1. The van der Waals surface area contributed by atoms with E-state index in [1.54, 1.807) is 16.4 Å². The van der Waals surface area contributed by atoms with Crippen molar-refractivity contribution in [1.82, 2.24) is 20.2 Å². The Morgan fingerprint density at radius 2 is 1.76 bits per heavy atom. The van der Waals surface area contributed by atoms with Crippen molar-refractivity contribution in [2.24, 2.45) is 5.41 Å². The molecule has 1 aromatic carbocycles. The van der Waals surface area contributed by atoms with Crippen LogP contribution >= 0.6 is 11.8 Å². The highest BCUT2D eigenvalue weighted by atomic mass is 32.2. The average Bonchev–Trinajstić information content (AvgIpc) is 3.18. The molecular weight excluding hydrogens is 452 g/mol. The highest BCUT2D eigenvalue weighted by Gasteiger charge is 2.39. The van der Waals surface area contributed by atoms with E-state index in [1.807, 2.05) is 51.1 Å². The second-order valence-electron chi connectivity index (χ2n) is 10.9. The second-order valence-corrected chi connectivity index (χ2v) is 16.7. The zero-order chi connectivity index (χ0) is 24.7. The van der Waals surface area contributed by atoms with Crippen LogP contribution in [0.4, 0.5) is 0 Å². The van der Waals surface area contributed by atoms with Crippen LogP contribution < -0.4 is 0 Å². The number of tetrazole rings is 1. The molecule has 2 rings (SSSR count). The summed E-state index contributed by atoms with van der Waals surface area (Å²) in [7, 11) is -1.92. The highest BCUT2D eigenvalue weighted by Crippen LogP contribution is 2.38. The fraction of sp³-hybridized carbons (Fsp3) is 0.667. The number of ether oxygens (including phenoxy) is 1. The number of esters is 1. The third-order valence-electron chi connectivity index (χ3n) is 5.90. The zero-order valence-electron chi connectivity index (χ0n) is 21.4. The number of para-hydroxylation sites is 1. The molecule has 2 aromatic rings. The van der Waals surface area contributed by atoms with Gasteiger partial charge < -0.3 is 9.16 Å². The topological polar surface area (TPSA) is 79.1 Å². The number of nitrogens with zero attached hydrogens (tertiary/aromatic N) is 4. The molecule has 0 amide bonds. The van der Waals surface area contributed by atoms with Gasteiger partial charge in [0, 0.05) is 11.9 Å². The van der Waals surface area contributed by atoms with Gasteiger partial charge in [-0.15, -0.1) is 5.10 Å². The minimum atomic E-state index is -1.92. The Balaban J connectivity index is 1.96. The van der Waals surface area contributed by atoms with Gasteiger partial charge in [0.1, 0.15) is 0 Å². The van der Waals surface area contributed by atoms with Crippen molar-refractivity contribution in [3.63, 3.8) is 0 Å². The number of aromatic nitrogens is 4. The molecule has 0 saturated carbocycles. The summed E-state index contributed by atoms with van der Waals surface area (Å²) in [5.41, 5.74) is 0.468. The molecule has 0 unspecified atom stereocenters. The number of benzene rings is 1. The largest absolute Gasteiger partial charge is 0.465 e. The molecule has 0 bridgehead atoms. The lowest BCUT2D eigenvalue weighted by molar-refractivity contribution is -0.153. The van der Waals surface area contributed by atoms with Crippen LogP contribution in [0.5, 0.6) is 0 Å². The van der Waals surface area contributed by atoms with Gasteiger partial charge in [-0.05, 0) is 80.7 Å². The van der Waals surface area contributed by atoms with Crippen molar-refractivity contribution in [2.45, 2.75) is 90.2 Å². The molecule has 9 heteroatoms. The number of rotatable bonds is 11. The molecule has 0 fully saturated rings. The lowest BCUT2D eigenvalue weighted by Crippen LogP contribution is -2.44. The van der Waals surface area contributed by atoms with Crippen molar-refractivity contribution in [3.8, 4) is 5.69 Å². The SMILES string of the molecule is CC(C)(C)C(=O)OCCC[C@H](CCSc1nnnn1-c1ccccc1)O[Si](C)(C)C(C)(C)C. The lowest BCUT2D eigenvalue weighted by atomic mass is 9.97. The van der Waals surface area contributed by atoms with E-state index >= 15 is 0 Å². The first-order chi connectivity index (χ1) is 15.3. The number of carbonyl (C=O) groups excluding carboxylic acids is 1. The van der Waals surface area contributed by atoms with E-state index in [0.717, 1.165) is 35.9 Å². The van der Waals surface area contributed by atoms with Crippen LogP contribution in [-0.2, 0) is 14.0 Å². The first-order valence-electron chi connectivity index (χ1n) is 11.6. The summed E-state index contributed by atoms with van der Waals surface area (Å²) in [5, 5.41) is 13.1. The molecule has 7 nitrogen and oxygen atoms in total. The Hall–Kier alpha value is -1.71. The number of carbonyl (C=O) groups is 1. The molecule has 0 aliphatic heterocycles. The highest BCUT2D eigenvalue weighted by molar-refractivity contribution is 7.99. The van der Waals surface area contributed by atoms with E-state index < -0.39 is 13.7 Å². The van der Waals surface area contributed by atoms with Crippen LogP contribution in [0.3, 0.4) is 0 Å². The van der Waals surface area contributed by atoms with Gasteiger partial charge in [-0.1, -0.05) is 50.7 Å². The molecule has 1 aromatic heterocycles. The van der Waals surface area contributed by atoms with Crippen molar-refractivity contribution in [3.05, 3.63) is 30.3 Å². The Kier molecular flexibility index (Phi) is 9.69. The Morgan fingerprint density at radius 1 is 1.09 bits per heavy atom. The molecule has 0 aliphatic rings. The van der Waals surface area contributed by atoms with E-state index in [4.69, 9.17) is 9.16 Å². The molecule has 0 spiro atoms. The maximum absolute atomic E-state index is 12.1. The van der Waals surface area contributed by atoms with Gasteiger partial charge in [-0.25, -0.2) is 0 Å². The molecule has 1 atom stereocenters. The van der Waals surface area contributed by atoms with Crippen molar-refractivity contribution < 1.29 is 14.0 Å². The summed E-state index contributed by atoms with van der Waals surface area (Å²) < 4.78 is 14.0. The van der Waals surface area contributed by atoms with Crippen LogP contribution in [-0.4, -0.2) is 53.0 Å². The molecule has 184 valence electrons. The lowest BCUT2D eigenvalue weighted by Gasteiger charge is -2.39. The standard InChI is InChI=1S/C24H40N4O3SSi/c1-23(2,3)21(29)30-17-12-15-20(31-33(7,8)24(4,5)6)16-18-32-22-25-26-27-28(22)19-13-10-9-11-14-19/h9-11,13-14,20H,12,15-18H2,1-8H3/t20-/m1/s1. The molecule has 0 radical (unpaired) electrons. The first-order valence-corrected chi connectivity index (χ1v) is 15.5. The van der Waals surface area contributed by atoms with Crippen molar-refractivity contribution >= 4 is 26.0 Å². The predicted molar refractivity (Wildman–Crippen MR) is 136 cm³/mol. The monoisotopic (exact) mass is 492 g/mol. The Morgan fingerprint density at radius 3 is 2.36 bits per heavy atom. The maximum Gasteiger partial charge on any atom is 0.311 e. The molecule has 33 heavy (non-hydrogen) atoms. The fourth-order valence-corrected chi connectivity index (χ4v) is 5.17. The van der Waals surface area contributed by atoms with Crippen molar-refractivity contribution in [1.29, 1.82) is 0 Å². The maximum atomic E-state index is 12.1. The van der Waals surface area contributed by atoms with Gasteiger partial charge in [0.25, 0.3) is 0 Å². The van der Waals surface area contributed by atoms with Gasteiger partial charge in [0.2, 0.25) is 5.16 Å². The summed E-state index contributed by atoms with van der Waals surface area (Å²) >= 11 is 1.63. The molecular formula is C24H40N4O3SSi. The average molecular weight is 493 g/mol. The normalized spacial score (nSPS) is 13.7. The van der Waals surface area contributed by atoms with Crippen LogP contribution in [0.1, 0.15) is 60.8 Å².